The monoisotopic (exact) mass is 273 g/mol. The predicted octanol–water partition coefficient (Wildman–Crippen LogP) is 1.57. The van der Waals surface area contributed by atoms with Gasteiger partial charge >= 0.3 is 0 Å². The molecule has 0 saturated carbocycles. The van der Waals surface area contributed by atoms with Gasteiger partial charge in [-0.3, -0.25) is 4.90 Å². The third kappa shape index (κ3) is 2.96. The van der Waals surface area contributed by atoms with Crippen molar-refractivity contribution in [3.63, 3.8) is 0 Å². The number of likely N-dealkylation sites (tertiary alicyclic amines) is 1. The molecule has 1 fully saturated rings. The molecule has 1 aliphatic heterocycles. The summed E-state index contributed by atoms with van der Waals surface area (Å²) in [6, 6.07) is 2.51. The van der Waals surface area contributed by atoms with Crippen LogP contribution in [0.5, 0.6) is 0 Å². The molecule has 2 aromatic heterocycles. The molecular weight excluding hydrogens is 254 g/mol. The second-order valence-electron chi connectivity index (χ2n) is 5.22. The van der Waals surface area contributed by atoms with Crippen molar-refractivity contribution in [1.29, 1.82) is 0 Å². The summed E-state index contributed by atoms with van der Waals surface area (Å²) in [5.74, 6) is 0.998. The van der Waals surface area contributed by atoms with E-state index in [0.717, 1.165) is 43.9 Å². The Morgan fingerprint density at radius 3 is 2.90 bits per heavy atom. The maximum absolute atomic E-state index is 4.87. The maximum atomic E-state index is 4.87. The molecule has 0 unspecified atom stereocenters. The van der Waals surface area contributed by atoms with E-state index in [1.165, 1.54) is 0 Å². The smallest absolute Gasteiger partial charge is 0.131 e. The number of hydrogen-bond donors (Lipinski definition) is 0. The summed E-state index contributed by atoms with van der Waals surface area (Å²) in [5, 5.41) is 3.75. The van der Waals surface area contributed by atoms with Gasteiger partial charge in [0, 0.05) is 44.5 Å². The molecule has 1 aliphatic rings. The largest absolute Gasteiger partial charge is 0.364 e. The summed E-state index contributed by atoms with van der Waals surface area (Å²) in [5.41, 5.74) is 1.15. The van der Waals surface area contributed by atoms with E-state index in [1.54, 1.807) is 25.0 Å². The molecule has 0 atom stereocenters. The van der Waals surface area contributed by atoms with Crippen LogP contribution in [0.25, 0.3) is 0 Å². The van der Waals surface area contributed by atoms with Crippen LogP contribution < -0.4 is 4.90 Å². The summed E-state index contributed by atoms with van der Waals surface area (Å²) in [6.45, 7) is 3.10. The van der Waals surface area contributed by atoms with Gasteiger partial charge in [-0.2, -0.15) is 0 Å². The topological polar surface area (TPSA) is 58.3 Å². The number of piperidine rings is 1. The Morgan fingerprint density at radius 1 is 1.40 bits per heavy atom. The average Bonchev–Trinajstić information content (AvgIpc) is 3.01. The van der Waals surface area contributed by atoms with E-state index in [9.17, 15) is 0 Å². The molecule has 0 aromatic carbocycles. The second-order valence-corrected chi connectivity index (χ2v) is 5.22. The highest BCUT2D eigenvalue weighted by molar-refractivity contribution is 5.36. The molecule has 0 aliphatic carbocycles. The summed E-state index contributed by atoms with van der Waals surface area (Å²) in [7, 11) is 2.11. The van der Waals surface area contributed by atoms with Gasteiger partial charge in [0.2, 0.25) is 0 Å². The lowest BCUT2D eigenvalue weighted by molar-refractivity contribution is 0.202. The van der Waals surface area contributed by atoms with Crippen LogP contribution in [-0.2, 0) is 6.54 Å². The van der Waals surface area contributed by atoms with Crippen molar-refractivity contribution in [3.8, 4) is 0 Å². The van der Waals surface area contributed by atoms with Crippen molar-refractivity contribution in [2.75, 3.05) is 25.0 Å². The second kappa shape index (κ2) is 6.00. The zero-order chi connectivity index (χ0) is 13.8. The molecule has 0 spiro atoms. The van der Waals surface area contributed by atoms with E-state index in [0.29, 0.717) is 6.04 Å². The third-order valence-electron chi connectivity index (χ3n) is 3.92. The zero-order valence-electron chi connectivity index (χ0n) is 11.6. The van der Waals surface area contributed by atoms with Crippen LogP contribution in [0, 0.1) is 0 Å². The highest BCUT2D eigenvalue weighted by atomic mass is 16.5. The fraction of sp³-hybridized carbons (Fsp3) is 0.500. The van der Waals surface area contributed by atoms with Crippen molar-refractivity contribution in [1.82, 2.24) is 20.0 Å². The van der Waals surface area contributed by atoms with Gasteiger partial charge in [-0.15, -0.1) is 0 Å². The van der Waals surface area contributed by atoms with Crippen LogP contribution in [0.2, 0.25) is 0 Å². The van der Waals surface area contributed by atoms with Crippen LogP contribution in [0.15, 0.2) is 35.6 Å². The van der Waals surface area contributed by atoms with Crippen molar-refractivity contribution in [2.24, 2.45) is 0 Å². The van der Waals surface area contributed by atoms with E-state index in [4.69, 9.17) is 4.52 Å². The van der Waals surface area contributed by atoms with Crippen molar-refractivity contribution in [3.05, 3.63) is 36.6 Å². The fourth-order valence-electron chi connectivity index (χ4n) is 2.71. The lowest BCUT2D eigenvalue weighted by Gasteiger charge is -2.37. The first-order valence-corrected chi connectivity index (χ1v) is 6.92. The minimum absolute atomic E-state index is 0.545. The normalized spacial score (nSPS) is 17.2. The Morgan fingerprint density at radius 2 is 2.25 bits per heavy atom. The number of anilines is 1. The zero-order valence-corrected chi connectivity index (χ0v) is 11.6. The lowest BCUT2D eigenvalue weighted by atomic mass is 10.0. The number of rotatable bonds is 4. The van der Waals surface area contributed by atoms with Crippen molar-refractivity contribution in [2.45, 2.75) is 25.4 Å². The molecule has 106 valence electrons. The van der Waals surface area contributed by atoms with Crippen molar-refractivity contribution >= 4 is 5.82 Å². The van der Waals surface area contributed by atoms with Gasteiger partial charge in [0.15, 0.2) is 0 Å². The Labute approximate surface area is 118 Å². The summed E-state index contributed by atoms with van der Waals surface area (Å²) in [4.78, 5) is 13.0. The van der Waals surface area contributed by atoms with Gasteiger partial charge in [0.1, 0.15) is 18.4 Å². The molecular formula is C14H19N5O. The highest BCUT2D eigenvalue weighted by Gasteiger charge is 2.23. The average molecular weight is 273 g/mol. The first kappa shape index (κ1) is 13.1. The Balaban J connectivity index is 1.53. The molecule has 3 rings (SSSR count). The Hall–Kier alpha value is -1.95. The van der Waals surface area contributed by atoms with E-state index >= 15 is 0 Å². The van der Waals surface area contributed by atoms with E-state index in [-0.39, 0.29) is 0 Å². The molecule has 0 amide bonds. The molecule has 0 N–H and O–H groups in total. The van der Waals surface area contributed by atoms with E-state index < -0.39 is 0 Å². The standard InChI is InChI=1S/C14H19N5O/c1-18(14-2-5-15-11-16-14)13-3-6-19(7-4-13)9-12-8-17-20-10-12/h2,5,8,10-11,13H,3-4,6-7,9H2,1H3. The van der Waals surface area contributed by atoms with Crippen LogP contribution in [0.4, 0.5) is 5.82 Å². The fourth-order valence-corrected chi connectivity index (χ4v) is 2.71. The first-order valence-electron chi connectivity index (χ1n) is 6.92. The number of nitrogens with zero attached hydrogens (tertiary/aromatic N) is 5. The van der Waals surface area contributed by atoms with Crippen LogP contribution in [-0.4, -0.2) is 46.2 Å². The molecule has 3 heterocycles. The Bertz CT molecular complexity index is 508. The highest BCUT2D eigenvalue weighted by Crippen LogP contribution is 2.20. The first-order chi connectivity index (χ1) is 9.83. The molecule has 0 radical (unpaired) electrons. The number of hydrogen-bond acceptors (Lipinski definition) is 6. The quantitative estimate of drug-likeness (QED) is 0.842. The summed E-state index contributed by atoms with van der Waals surface area (Å²) >= 11 is 0. The van der Waals surface area contributed by atoms with Crippen LogP contribution >= 0.6 is 0 Å². The molecule has 0 bridgehead atoms. The SMILES string of the molecule is CN(c1ccncn1)C1CCN(Cc2cnoc2)CC1. The van der Waals surface area contributed by atoms with E-state index in [1.807, 2.05) is 6.07 Å². The van der Waals surface area contributed by atoms with E-state index in [2.05, 4.69) is 32.0 Å². The minimum Gasteiger partial charge on any atom is -0.364 e. The Kier molecular flexibility index (Phi) is 3.92. The minimum atomic E-state index is 0.545. The molecule has 6 nitrogen and oxygen atoms in total. The molecule has 6 heteroatoms. The third-order valence-corrected chi connectivity index (χ3v) is 3.92. The maximum Gasteiger partial charge on any atom is 0.131 e. The summed E-state index contributed by atoms with van der Waals surface area (Å²) < 4.78 is 4.87. The molecule has 1 saturated heterocycles. The van der Waals surface area contributed by atoms with Gasteiger partial charge in [-0.25, -0.2) is 9.97 Å². The van der Waals surface area contributed by atoms with Gasteiger partial charge in [0.05, 0.1) is 6.20 Å². The van der Waals surface area contributed by atoms with Crippen LogP contribution in [0.3, 0.4) is 0 Å². The van der Waals surface area contributed by atoms with Gasteiger partial charge < -0.3 is 9.42 Å². The summed E-state index contributed by atoms with van der Waals surface area (Å²) in [6.07, 6.45) is 9.20. The van der Waals surface area contributed by atoms with Gasteiger partial charge in [0.25, 0.3) is 0 Å². The predicted molar refractivity (Wildman–Crippen MR) is 75.2 cm³/mol. The molecule has 2 aromatic rings. The lowest BCUT2D eigenvalue weighted by Crippen LogP contribution is -2.43. The van der Waals surface area contributed by atoms with Crippen molar-refractivity contribution < 1.29 is 4.52 Å². The van der Waals surface area contributed by atoms with Gasteiger partial charge in [-0.05, 0) is 18.9 Å². The van der Waals surface area contributed by atoms with Crippen LogP contribution in [0.1, 0.15) is 18.4 Å². The molecule has 20 heavy (non-hydrogen) atoms. The number of aromatic nitrogens is 3. The van der Waals surface area contributed by atoms with Gasteiger partial charge in [-0.1, -0.05) is 5.16 Å².